The van der Waals surface area contributed by atoms with E-state index >= 15 is 0 Å². The van der Waals surface area contributed by atoms with Crippen molar-refractivity contribution in [3.05, 3.63) is 53.4 Å². The minimum Gasteiger partial charge on any atom is -0.415 e. The molecule has 0 aliphatic rings. The van der Waals surface area contributed by atoms with Gasteiger partial charge in [-0.05, 0) is 0 Å². The summed E-state index contributed by atoms with van der Waals surface area (Å²) in [6, 6.07) is -0.0420. The number of carbonyl (C=O) groups is 1. The van der Waals surface area contributed by atoms with Crippen molar-refractivity contribution < 1.29 is 31.5 Å². The molecule has 0 aliphatic heterocycles. The van der Waals surface area contributed by atoms with Crippen LogP contribution in [0.5, 0.6) is 5.75 Å². The molecule has 0 saturated carbocycles. The molecule has 0 aliphatic carbocycles. The highest BCUT2D eigenvalue weighted by Crippen LogP contribution is 2.26. The van der Waals surface area contributed by atoms with E-state index in [1.54, 1.807) is 0 Å². The molecule has 1 aromatic carbocycles. The van der Waals surface area contributed by atoms with Gasteiger partial charge < -0.3 is 4.74 Å². The Bertz CT molecular complexity index is 649. The van der Waals surface area contributed by atoms with Gasteiger partial charge in [-0.1, -0.05) is 0 Å². The molecule has 104 valence electrons. The number of benzene rings is 1. The van der Waals surface area contributed by atoms with Gasteiger partial charge in [-0.2, -0.15) is 13.2 Å². The van der Waals surface area contributed by atoms with E-state index in [0.717, 1.165) is 0 Å². The number of hydrogen-bond acceptors (Lipinski definition) is 4. The van der Waals surface area contributed by atoms with Crippen LogP contribution >= 0.6 is 0 Å². The third kappa shape index (κ3) is 2.56. The molecule has 0 atom stereocenters. The van der Waals surface area contributed by atoms with E-state index in [1.807, 2.05) is 0 Å². The lowest BCUT2D eigenvalue weighted by atomic mass is 10.3. The molecule has 0 radical (unpaired) electrons. The first kappa shape index (κ1) is 13.8. The maximum absolute atomic E-state index is 13.2. The second-order valence-electron chi connectivity index (χ2n) is 3.41. The van der Waals surface area contributed by atoms with Crippen LogP contribution in [0, 0.1) is 29.2 Å². The SMILES string of the molecule is O=C(Oc1c(F)c(F)cc(F)c1F)c1cnc(F)cn1. The third-order valence-corrected chi connectivity index (χ3v) is 2.10. The highest BCUT2D eigenvalue weighted by Gasteiger charge is 2.24. The van der Waals surface area contributed by atoms with Crippen molar-refractivity contribution in [1.29, 1.82) is 0 Å². The number of aromatic nitrogens is 2. The molecule has 20 heavy (non-hydrogen) atoms. The summed E-state index contributed by atoms with van der Waals surface area (Å²) in [7, 11) is 0. The molecular weight excluding hydrogens is 287 g/mol. The highest BCUT2D eigenvalue weighted by molar-refractivity contribution is 5.88. The van der Waals surface area contributed by atoms with E-state index in [4.69, 9.17) is 0 Å². The van der Waals surface area contributed by atoms with Crippen molar-refractivity contribution in [2.75, 3.05) is 0 Å². The Morgan fingerprint density at radius 1 is 0.950 bits per heavy atom. The zero-order chi connectivity index (χ0) is 14.9. The van der Waals surface area contributed by atoms with Gasteiger partial charge in [-0.3, -0.25) is 0 Å². The summed E-state index contributed by atoms with van der Waals surface area (Å²) < 4.78 is 68.8. The van der Waals surface area contributed by atoms with E-state index in [0.29, 0.717) is 12.4 Å². The van der Waals surface area contributed by atoms with Gasteiger partial charge in [0, 0.05) is 6.07 Å². The Balaban J connectivity index is 2.35. The second kappa shape index (κ2) is 5.19. The Labute approximate surface area is 107 Å². The molecular formula is C11H3F5N2O2. The summed E-state index contributed by atoms with van der Waals surface area (Å²) in [5.74, 6) is -11.3. The quantitative estimate of drug-likeness (QED) is 0.369. The predicted molar refractivity (Wildman–Crippen MR) is 53.2 cm³/mol. The minimum atomic E-state index is -1.88. The van der Waals surface area contributed by atoms with Gasteiger partial charge in [0.05, 0.1) is 12.4 Å². The Morgan fingerprint density at radius 2 is 1.55 bits per heavy atom. The number of halogens is 5. The van der Waals surface area contributed by atoms with E-state index in [9.17, 15) is 26.7 Å². The summed E-state index contributed by atoms with van der Waals surface area (Å²) in [6.07, 6.45) is 1.18. The topological polar surface area (TPSA) is 52.1 Å². The van der Waals surface area contributed by atoms with Crippen LogP contribution in [0.25, 0.3) is 0 Å². The number of hydrogen-bond donors (Lipinski definition) is 0. The largest absolute Gasteiger partial charge is 0.415 e. The van der Waals surface area contributed by atoms with Crippen LogP contribution < -0.4 is 4.74 Å². The van der Waals surface area contributed by atoms with Gasteiger partial charge in [0.15, 0.2) is 17.3 Å². The van der Waals surface area contributed by atoms with Crippen LogP contribution in [-0.4, -0.2) is 15.9 Å². The van der Waals surface area contributed by atoms with Crippen molar-refractivity contribution in [3.63, 3.8) is 0 Å². The van der Waals surface area contributed by atoms with E-state index in [1.165, 1.54) is 0 Å². The van der Waals surface area contributed by atoms with Crippen molar-refractivity contribution in [3.8, 4) is 5.75 Å². The van der Waals surface area contributed by atoms with E-state index in [-0.39, 0.29) is 6.07 Å². The van der Waals surface area contributed by atoms with Crippen LogP contribution in [-0.2, 0) is 0 Å². The summed E-state index contributed by atoms with van der Waals surface area (Å²) in [5.41, 5.74) is -0.602. The molecule has 1 heterocycles. The van der Waals surface area contributed by atoms with Gasteiger partial charge >= 0.3 is 5.97 Å². The molecule has 0 bridgehead atoms. The van der Waals surface area contributed by atoms with Gasteiger partial charge in [-0.15, -0.1) is 0 Å². The van der Waals surface area contributed by atoms with E-state index < -0.39 is 46.6 Å². The molecule has 9 heteroatoms. The molecule has 2 rings (SSSR count). The number of nitrogens with zero attached hydrogens (tertiary/aromatic N) is 2. The van der Waals surface area contributed by atoms with Gasteiger partial charge in [0.1, 0.15) is 0 Å². The van der Waals surface area contributed by atoms with Crippen LogP contribution in [0.2, 0.25) is 0 Å². The smallest absolute Gasteiger partial charge is 0.364 e. The molecule has 1 aromatic heterocycles. The van der Waals surface area contributed by atoms with Crippen molar-refractivity contribution in [2.24, 2.45) is 0 Å². The summed E-state index contributed by atoms with van der Waals surface area (Å²) in [6.45, 7) is 0. The lowest BCUT2D eigenvalue weighted by Crippen LogP contribution is -2.14. The summed E-state index contributed by atoms with van der Waals surface area (Å²) in [4.78, 5) is 17.7. The molecule has 4 nitrogen and oxygen atoms in total. The van der Waals surface area contributed by atoms with Crippen LogP contribution in [0.3, 0.4) is 0 Å². The first-order chi connectivity index (χ1) is 9.40. The average molecular weight is 290 g/mol. The summed E-state index contributed by atoms with van der Waals surface area (Å²) >= 11 is 0. The normalized spacial score (nSPS) is 10.4. The molecule has 0 spiro atoms. The fraction of sp³-hybridized carbons (Fsp3) is 0. The van der Waals surface area contributed by atoms with Gasteiger partial charge in [-0.25, -0.2) is 23.5 Å². The molecule has 2 aromatic rings. The van der Waals surface area contributed by atoms with E-state index in [2.05, 4.69) is 14.7 Å². The highest BCUT2D eigenvalue weighted by atomic mass is 19.2. The first-order valence-electron chi connectivity index (χ1n) is 4.93. The number of esters is 1. The van der Waals surface area contributed by atoms with Crippen molar-refractivity contribution in [1.82, 2.24) is 9.97 Å². The lowest BCUT2D eigenvalue weighted by molar-refractivity contribution is 0.0710. The standard InChI is InChI=1S/C11H3F5N2O2/c12-4-1-5(13)9(16)10(8(4)15)20-11(19)6-2-18-7(14)3-17-6/h1-3H. The third-order valence-electron chi connectivity index (χ3n) is 2.10. The fourth-order valence-corrected chi connectivity index (χ4v) is 1.20. The van der Waals surface area contributed by atoms with Gasteiger partial charge in [0.2, 0.25) is 23.3 Å². The monoisotopic (exact) mass is 290 g/mol. The minimum absolute atomic E-state index is 0.0420. The van der Waals surface area contributed by atoms with Crippen LogP contribution in [0.1, 0.15) is 10.5 Å². The number of ether oxygens (including phenoxy) is 1. The van der Waals surface area contributed by atoms with Crippen LogP contribution in [0.15, 0.2) is 18.5 Å². The van der Waals surface area contributed by atoms with Crippen molar-refractivity contribution >= 4 is 5.97 Å². The molecule has 0 amide bonds. The summed E-state index contributed by atoms with van der Waals surface area (Å²) in [5, 5.41) is 0. The molecule has 0 saturated heterocycles. The van der Waals surface area contributed by atoms with Crippen LogP contribution in [0.4, 0.5) is 22.0 Å². The molecule has 0 fully saturated rings. The second-order valence-corrected chi connectivity index (χ2v) is 3.41. The number of rotatable bonds is 2. The predicted octanol–water partition coefficient (Wildman–Crippen LogP) is 2.39. The number of carbonyl (C=O) groups excluding carboxylic acids is 1. The lowest BCUT2D eigenvalue weighted by Gasteiger charge is -2.07. The zero-order valence-corrected chi connectivity index (χ0v) is 9.33. The molecule has 0 N–H and O–H groups in total. The Kier molecular flexibility index (Phi) is 3.59. The average Bonchev–Trinajstić information content (AvgIpc) is 2.42. The maximum Gasteiger partial charge on any atom is 0.364 e. The Hall–Kier alpha value is -2.58. The maximum atomic E-state index is 13.2. The van der Waals surface area contributed by atoms with Gasteiger partial charge in [0.25, 0.3) is 0 Å². The van der Waals surface area contributed by atoms with Crippen molar-refractivity contribution in [2.45, 2.75) is 0 Å². The fourth-order valence-electron chi connectivity index (χ4n) is 1.20. The zero-order valence-electron chi connectivity index (χ0n) is 9.33. The Morgan fingerprint density at radius 3 is 2.05 bits per heavy atom. The first-order valence-corrected chi connectivity index (χ1v) is 4.93. The molecule has 0 unspecified atom stereocenters.